The first-order chi connectivity index (χ1) is 35.4. The third-order valence-corrected chi connectivity index (χ3v) is 13.6. The third kappa shape index (κ3) is 7.90. The van der Waals surface area contributed by atoms with Gasteiger partial charge < -0.3 is 29.9 Å². The van der Waals surface area contributed by atoms with Gasteiger partial charge in [0.1, 0.15) is 0 Å². The van der Waals surface area contributed by atoms with Gasteiger partial charge in [0, 0.05) is 44.8 Å². The molecule has 0 saturated heterocycles. The fourth-order valence-corrected chi connectivity index (χ4v) is 9.63. The van der Waals surface area contributed by atoms with Crippen LogP contribution in [0, 0.1) is 0 Å². The Morgan fingerprint density at radius 1 is 0.260 bits per heavy atom. The molecule has 1 radical (unpaired) electrons. The van der Waals surface area contributed by atoms with Crippen molar-refractivity contribution in [2.24, 2.45) is 0 Å². The number of fused-ring (bicyclic) bond motifs is 20. The molecule has 13 rings (SSSR count). The van der Waals surface area contributed by atoms with Gasteiger partial charge in [-0.1, -0.05) is 196 Å². The molecule has 0 saturated carbocycles. The molecule has 0 atom stereocenters. The monoisotopic (exact) mass is 983 g/mol. The van der Waals surface area contributed by atoms with Crippen molar-refractivity contribution in [1.82, 2.24) is 39.9 Å². The van der Waals surface area contributed by atoms with E-state index in [2.05, 4.69) is 196 Å². The molecule has 0 aliphatic carbocycles. The molecule has 0 N–H and O–H groups in total. The van der Waals surface area contributed by atoms with Crippen molar-refractivity contribution >= 4 is 68.4 Å². The minimum atomic E-state index is 0. The molecular weight excluding hydrogens is 944 g/mol. The van der Waals surface area contributed by atoms with E-state index < -0.39 is 0 Å². The van der Waals surface area contributed by atoms with Gasteiger partial charge >= 0.3 is 17.1 Å². The summed E-state index contributed by atoms with van der Waals surface area (Å²) in [6, 6.07) is 58.5. The summed E-state index contributed by atoms with van der Waals surface area (Å²) in [5.74, 6) is 1.92. The van der Waals surface area contributed by atoms with E-state index in [-0.39, 0.29) is 17.1 Å². The second kappa shape index (κ2) is 18.1. The number of hydrogen-bond donors (Lipinski definition) is 0. The Morgan fingerprint density at radius 2 is 0.521 bits per heavy atom. The van der Waals surface area contributed by atoms with E-state index in [4.69, 9.17) is 39.9 Å². The second-order valence-corrected chi connectivity index (χ2v) is 17.8. The summed E-state index contributed by atoms with van der Waals surface area (Å²) in [5.41, 5.74) is 17.6. The Bertz CT molecular complexity index is 4260. The fraction of sp³-hybridized carbons (Fsp3) is 0. The van der Waals surface area contributed by atoms with Crippen LogP contribution in [0.25, 0.3) is 158 Å². The van der Waals surface area contributed by atoms with Crippen LogP contribution in [0.3, 0.4) is 0 Å². The first-order valence-electron chi connectivity index (χ1n) is 23.6. The average molecular weight is 985 g/mol. The molecule has 347 valence electrons. The smallest absolute Gasteiger partial charge is 0.357 e. The van der Waals surface area contributed by atoms with E-state index in [0.29, 0.717) is 45.9 Å². The van der Waals surface area contributed by atoms with Gasteiger partial charge in [0.15, 0.2) is 0 Å². The molecule has 0 unspecified atom stereocenters. The summed E-state index contributed by atoms with van der Waals surface area (Å²) in [6.45, 7) is 15.8. The third-order valence-electron chi connectivity index (χ3n) is 13.6. The van der Waals surface area contributed by atoms with Crippen LogP contribution in [0.2, 0.25) is 0 Å². The maximum atomic E-state index is 5.37. The summed E-state index contributed by atoms with van der Waals surface area (Å²) in [7, 11) is 0. The predicted octanol–water partition coefficient (Wildman–Crippen LogP) is 15.4. The van der Waals surface area contributed by atoms with E-state index in [0.717, 1.165) is 111 Å². The van der Waals surface area contributed by atoms with Crippen LogP contribution >= 0.6 is 0 Å². The van der Waals surface area contributed by atoms with Gasteiger partial charge in [-0.15, -0.1) is 0 Å². The van der Waals surface area contributed by atoms with Crippen LogP contribution < -0.4 is 9.97 Å². The maximum Gasteiger partial charge on any atom is 2.00 e. The van der Waals surface area contributed by atoms with Crippen molar-refractivity contribution in [3.63, 3.8) is 0 Å². The zero-order valence-electron chi connectivity index (χ0n) is 39.2. The number of rotatable bonds is 8. The van der Waals surface area contributed by atoms with Gasteiger partial charge in [0.05, 0.1) is 23.3 Å². The maximum absolute atomic E-state index is 5.37. The molecule has 3 aromatic heterocycles. The summed E-state index contributed by atoms with van der Waals surface area (Å²) in [5, 5.41) is 3.29. The van der Waals surface area contributed by atoms with Gasteiger partial charge in [-0.2, -0.15) is 0 Å². The molecule has 0 amide bonds. The Morgan fingerprint density at radius 3 is 0.836 bits per heavy atom. The van der Waals surface area contributed by atoms with Crippen molar-refractivity contribution in [2.75, 3.05) is 0 Å². The Hall–Kier alpha value is -9.40. The molecule has 73 heavy (non-hydrogen) atoms. The molecule has 8 bridgehead atoms. The van der Waals surface area contributed by atoms with Gasteiger partial charge in [-0.25, -0.2) is 9.97 Å². The van der Waals surface area contributed by atoms with E-state index in [1.165, 1.54) is 0 Å². The Balaban J connectivity index is 0.00000543. The number of aromatic nitrogens is 8. The van der Waals surface area contributed by atoms with Gasteiger partial charge in [-0.05, 0) is 113 Å². The van der Waals surface area contributed by atoms with Crippen molar-refractivity contribution in [3.8, 4) is 90.1 Å². The molecular formula is C64H40CuN8. The Labute approximate surface area is 431 Å². The summed E-state index contributed by atoms with van der Waals surface area (Å²) < 4.78 is 0. The minimum Gasteiger partial charge on any atom is -0.357 e. The van der Waals surface area contributed by atoms with Crippen LogP contribution in [0.1, 0.15) is 22.3 Å². The number of benzene rings is 8. The number of hydrogen-bond acceptors (Lipinski definition) is 6. The molecule has 2 aliphatic heterocycles. The first-order valence-corrected chi connectivity index (χ1v) is 23.6. The van der Waals surface area contributed by atoms with E-state index in [1.807, 2.05) is 24.3 Å². The van der Waals surface area contributed by atoms with Crippen LogP contribution in [0.5, 0.6) is 0 Å². The van der Waals surface area contributed by atoms with Crippen molar-refractivity contribution in [2.45, 2.75) is 0 Å². The molecule has 0 spiro atoms. The molecule has 8 aromatic carbocycles. The van der Waals surface area contributed by atoms with Crippen LogP contribution in [-0.4, -0.2) is 29.9 Å². The van der Waals surface area contributed by atoms with Crippen molar-refractivity contribution in [1.29, 1.82) is 0 Å². The zero-order valence-corrected chi connectivity index (χ0v) is 40.1. The molecule has 9 heteroatoms. The van der Waals surface area contributed by atoms with E-state index >= 15 is 0 Å². The summed E-state index contributed by atoms with van der Waals surface area (Å²) in [6.07, 6.45) is 7.38. The van der Waals surface area contributed by atoms with Crippen LogP contribution in [0.15, 0.2) is 196 Å². The molecule has 8 nitrogen and oxygen atoms in total. The largest absolute Gasteiger partial charge is 2.00 e. The molecule has 5 heterocycles. The molecule has 11 aromatic rings. The SMILES string of the molecule is C=Cc1ccc(-c2ccc3c(c2)-c2nc-3nc3[n-]c(nc4nc(nc5[n-]c(n2)c2ccc(-c6ccc(C=C)cc6)cc52)-c2cc(-c5ccc(C=C)cc5)ccc2-4)c2cc(-c4ccc(C=C)cc4)ccc32)cc1.[Cu+2]. The topological polar surface area (TPSA) is 106 Å². The zero-order chi connectivity index (χ0) is 48.5. The number of nitrogens with zero attached hydrogens (tertiary/aromatic N) is 8. The summed E-state index contributed by atoms with van der Waals surface area (Å²) in [4.78, 5) is 42.2. The van der Waals surface area contributed by atoms with Gasteiger partial charge in [0.2, 0.25) is 0 Å². The van der Waals surface area contributed by atoms with E-state index in [9.17, 15) is 0 Å². The average Bonchev–Trinajstić information content (AvgIpc) is 4.18. The normalized spacial score (nSPS) is 11.4. The van der Waals surface area contributed by atoms with Gasteiger partial charge in [-0.3, -0.25) is 0 Å². The Kier molecular flexibility index (Phi) is 11.1. The van der Waals surface area contributed by atoms with E-state index in [1.54, 1.807) is 0 Å². The predicted molar refractivity (Wildman–Crippen MR) is 296 cm³/mol. The van der Waals surface area contributed by atoms with Gasteiger partial charge in [0.25, 0.3) is 0 Å². The van der Waals surface area contributed by atoms with Crippen LogP contribution in [-0.2, 0) is 17.1 Å². The minimum absolute atomic E-state index is 0. The quantitative estimate of drug-likeness (QED) is 0.139. The van der Waals surface area contributed by atoms with Crippen molar-refractivity contribution < 1.29 is 17.1 Å². The molecule has 0 fully saturated rings. The standard InChI is InChI=1S/C64H40N8.Cu/c1-5-37-9-17-41(18-10-37)45-25-29-49-53(33-45)61-66-57(49)65-58-50-30-26-46(42-19-11-38(6-2)12-20-42)34-54(50)62(67-58)69-60-52-32-28-48(44-23-15-40(8-4)16-24-44)36-56(52)64(71-60)72-63-55-35-47(27-31-51(55)59(68-61)70-63)43-21-13-39(7-3)14-22-43;/h5-36H,1-4H2;/q-2;+2. The van der Waals surface area contributed by atoms with Crippen molar-refractivity contribution in [3.05, 3.63) is 218 Å². The second-order valence-electron chi connectivity index (χ2n) is 17.8. The van der Waals surface area contributed by atoms with Crippen LogP contribution in [0.4, 0.5) is 0 Å². The fourth-order valence-electron chi connectivity index (χ4n) is 9.63. The first kappa shape index (κ1) is 44.8. The molecule has 2 aliphatic rings. The summed E-state index contributed by atoms with van der Waals surface area (Å²) >= 11 is 0.